The van der Waals surface area contributed by atoms with Gasteiger partial charge in [0.2, 0.25) is 5.91 Å². The summed E-state index contributed by atoms with van der Waals surface area (Å²) in [4.78, 5) is 12.7. The van der Waals surface area contributed by atoms with E-state index in [0.29, 0.717) is 16.5 Å². The number of phenolic OH excluding ortho intramolecular Hbond substituents is 1. The summed E-state index contributed by atoms with van der Waals surface area (Å²) in [5.41, 5.74) is 0.585. The van der Waals surface area contributed by atoms with E-state index < -0.39 is 0 Å². The number of nitrogens with one attached hydrogen (secondary N) is 1. The van der Waals surface area contributed by atoms with Crippen molar-refractivity contribution >= 4 is 35.0 Å². The number of hydrogen-bond acceptors (Lipinski definition) is 3. The van der Waals surface area contributed by atoms with Crippen LogP contribution in [0, 0.1) is 0 Å². The number of aromatic hydroxyl groups is 1. The fourth-order valence-corrected chi connectivity index (χ4v) is 2.28. The quantitative estimate of drug-likeness (QED) is 0.844. The lowest BCUT2D eigenvalue weighted by molar-refractivity contribution is -0.113. The molecule has 3 nitrogen and oxygen atoms in total. The maximum absolute atomic E-state index is 11.7. The molecular formula is C14H12ClNO2S. The average molecular weight is 294 g/mol. The van der Waals surface area contributed by atoms with Crippen LogP contribution in [0.5, 0.6) is 5.75 Å². The molecule has 0 aliphatic heterocycles. The Hall–Kier alpha value is -1.65. The Balaban J connectivity index is 1.86. The molecule has 98 valence electrons. The molecule has 0 saturated carbocycles. The largest absolute Gasteiger partial charge is 0.508 e. The van der Waals surface area contributed by atoms with Gasteiger partial charge < -0.3 is 10.4 Å². The molecule has 0 atom stereocenters. The Morgan fingerprint density at radius 3 is 2.63 bits per heavy atom. The third kappa shape index (κ3) is 4.50. The summed E-state index contributed by atoms with van der Waals surface area (Å²) in [5, 5.41) is 12.7. The number of rotatable bonds is 4. The van der Waals surface area contributed by atoms with Crippen molar-refractivity contribution in [2.45, 2.75) is 4.90 Å². The van der Waals surface area contributed by atoms with Gasteiger partial charge in [-0.1, -0.05) is 17.7 Å². The highest BCUT2D eigenvalue weighted by Crippen LogP contribution is 2.21. The second kappa shape index (κ2) is 6.50. The highest BCUT2D eigenvalue weighted by molar-refractivity contribution is 8.00. The van der Waals surface area contributed by atoms with Gasteiger partial charge in [-0.25, -0.2) is 0 Å². The van der Waals surface area contributed by atoms with Gasteiger partial charge in [-0.15, -0.1) is 11.8 Å². The minimum absolute atomic E-state index is 0.120. The number of halogens is 1. The van der Waals surface area contributed by atoms with Crippen LogP contribution in [-0.2, 0) is 4.79 Å². The molecule has 2 aromatic carbocycles. The van der Waals surface area contributed by atoms with Gasteiger partial charge in [0.25, 0.3) is 0 Å². The van der Waals surface area contributed by atoms with E-state index >= 15 is 0 Å². The molecule has 0 heterocycles. The molecule has 0 aromatic heterocycles. The van der Waals surface area contributed by atoms with Crippen LogP contribution in [0.25, 0.3) is 0 Å². The SMILES string of the molecule is O=C(CSc1ccc(Cl)cc1)Nc1cccc(O)c1. The maximum atomic E-state index is 11.7. The molecule has 0 radical (unpaired) electrons. The van der Waals surface area contributed by atoms with Gasteiger partial charge in [0.1, 0.15) is 5.75 Å². The first kappa shape index (κ1) is 13.8. The van der Waals surface area contributed by atoms with Crippen molar-refractivity contribution in [3.8, 4) is 5.75 Å². The van der Waals surface area contributed by atoms with Crippen molar-refractivity contribution < 1.29 is 9.90 Å². The molecule has 0 spiro atoms. The molecule has 0 fully saturated rings. The first-order valence-electron chi connectivity index (χ1n) is 5.61. The van der Waals surface area contributed by atoms with Gasteiger partial charge in [0.05, 0.1) is 5.75 Å². The second-order valence-electron chi connectivity index (χ2n) is 3.84. The zero-order valence-electron chi connectivity index (χ0n) is 9.97. The Morgan fingerprint density at radius 2 is 1.95 bits per heavy atom. The predicted octanol–water partition coefficient (Wildman–Crippen LogP) is 3.78. The fraction of sp³-hybridized carbons (Fsp3) is 0.0714. The minimum atomic E-state index is -0.120. The van der Waals surface area contributed by atoms with Crippen LogP contribution < -0.4 is 5.32 Å². The zero-order chi connectivity index (χ0) is 13.7. The Morgan fingerprint density at radius 1 is 1.21 bits per heavy atom. The smallest absolute Gasteiger partial charge is 0.234 e. The third-order valence-corrected chi connectivity index (χ3v) is 3.58. The topological polar surface area (TPSA) is 49.3 Å². The number of thioether (sulfide) groups is 1. The van der Waals surface area contributed by atoms with Crippen LogP contribution in [0.2, 0.25) is 5.02 Å². The summed E-state index contributed by atoms with van der Waals surface area (Å²) in [7, 11) is 0. The zero-order valence-corrected chi connectivity index (χ0v) is 11.5. The molecule has 1 amide bonds. The number of carbonyl (C=O) groups is 1. The van der Waals surface area contributed by atoms with E-state index in [4.69, 9.17) is 11.6 Å². The molecule has 0 saturated heterocycles. The first-order chi connectivity index (χ1) is 9.13. The van der Waals surface area contributed by atoms with Gasteiger partial charge in [0, 0.05) is 21.7 Å². The van der Waals surface area contributed by atoms with E-state index in [1.807, 2.05) is 12.1 Å². The Labute approximate surface area is 120 Å². The summed E-state index contributed by atoms with van der Waals surface area (Å²) < 4.78 is 0. The summed E-state index contributed by atoms with van der Waals surface area (Å²) >= 11 is 7.21. The lowest BCUT2D eigenvalue weighted by Gasteiger charge is -2.05. The van der Waals surface area contributed by atoms with E-state index in [1.165, 1.54) is 17.8 Å². The van der Waals surface area contributed by atoms with Crippen molar-refractivity contribution in [3.63, 3.8) is 0 Å². The van der Waals surface area contributed by atoms with E-state index in [1.54, 1.807) is 30.3 Å². The maximum Gasteiger partial charge on any atom is 0.234 e. The van der Waals surface area contributed by atoms with E-state index in [0.717, 1.165) is 4.90 Å². The predicted molar refractivity (Wildman–Crippen MR) is 78.9 cm³/mol. The first-order valence-corrected chi connectivity index (χ1v) is 6.97. The third-order valence-electron chi connectivity index (χ3n) is 2.31. The number of benzene rings is 2. The number of phenols is 1. The second-order valence-corrected chi connectivity index (χ2v) is 5.33. The van der Waals surface area contributed by atoms with Crippen molar-refractivity contribution in [1.29, 1.82) is 0 Å². The number of hydrogen-bond donors (Lipinski definition) is 2. The average Bonchev–Trinajstić information content (AvgIpc) is 2.38. The van der Waals surface area contributed by atoms with Crippen molar-refractivity contribution in [2.24, 2.45) is 0 Å². The van der Waals surface area contributed by atoms with Crippen molar-refractivity contribution in [2.75, 3.05) is 11.1 Å². The molecule has 19 heavy (non-hydrogen) atoms. The fourth-order valence-electron chi connectivity index (χ4n) is 1.46. The summed E-state index contributed by atoms with van der Waals surface area (Å²) in [6.45, 7) is 0. The van der Waals surface area contributed by atoms with Gasteiger partial charge in [-0.2, -0.15) is 0 Å². The van der Waals surface area contributed by atoms with Gasteiger partial charge >= 0.3 is 0 Å². The standard InChI is InChI=1S/C14H12ClNO2S/c15-10-4-6-13(7-5-10)19-9-14(18)16-11-2-1-3-12(17)8-11/h1-8,17H,9H2,(H,16,18). The number of carbonyl (C=O) groups excluding carboxylic acids is 1. The normalized spacial score (nSPS) is 10.2. The van der Waals surface area contributed by atoms with Gasteiger partial charge in [0.15, 0.2) is 0 Å². The lowest BCUT2D eigenvalue weighted by atomic mass is 10.3. The molecule has 0 unspecified atom stereocenters. The molecule has 2 N–H and O–H groups in total. The number of amides is 1. The van der Waals surface area contributed by atoms with E-state index in [-0.39, 0.29) is 11.7 Å². The van der Waals surface area contributed by atoms with Crippen LogP contribution in [0.15, 0.2) is 53.4 Å². The Kier molecular flexibility index (Phi) is 4.71. The lowest BCUT2D eigenvalue weighted by Crippen LogP contribution is -2.13. The van der Waals surface area contributed by atoms with Crippen LogP contribution in [0.4, 0.5) is 5.69 Å². The number of anilines is 1. The summed E-state index contributed by atoms with van der Waals surface area (Å²) in [6, 6.07) is 13.8. The molecule has 2 aromatic rings. The molecule has 0 aliphatic carbocycles. The molecule has 0 bridgehead atoms. The van der Waals surface area contributed by atoms with E-state index in [2.05, 4.69) is 5.32 Å². The summed E-state index contributed by atoms with van der Waals surface area (Å²) in [5.74, 6) is 0.311. The van der Waals surface area contributed by atoms with Gasteiger partial charge in [-0.05, 0) is 36.4 Å². The van der Waals surface area contributed by atoms with Gasteiger partial charge in [-0.3, -0.25) is 4.79 Å². The van der Waals surface area contributed by atoms with Crippen molar-refractivity contribution in [3.05, 3.63) is 53.6 Å². The Bertz CT molecular complexity index is 572. The van der Waals surface area contributed by atoms with E-state index in [9.17, 15) is 9.90 Å². The molecule has 2 rings (SSSR count). The highest BCUT2D eigenvalue weighted by Gasteiger charge is 2.04. The monoisotopic (exact) mass is 293 g/mol. The summed E-state index contributed by atoms with van der Waals surface area (Å²) in [6.07, 6.45) is 0. The molecular weight excluding hydrogens is 282 g/mol. The van der Waals surface area contributed by atoms with Crippen LogP contribution >= 0.6 is 23.4 Å². The van der Waals surface area contributed by atoms with Crippen molar-refractivity contribution in [1.82, 2.24) is 0 Å². The highest BCUT2D eigenvalue weighted by atomic mass is 35.5. The van der Waals surface area contributed by atoms with Crippen LogP contribution in [0.1, 0.15) is 0 Å². The molecule has 5 heteroatoms. The minimum Gasteiger partial charge on any atom is -0.508 e. The van der Waals surface area contributed by atoms with Crippen LogP contribution in [0.3, 0.4) is 0 Å². The molecule has 0 aliphatic rings. The van der Waals surface area contributed by atoms with Crippen LogP contribution in [-0.4, -0.2) is 16.8 Å².